The molecule has 0 atom stereocenters. The average molecular weight is 342 g/mol. The molecular formula is C15H20BrNOS. The monoisotopic (exact) mass is 341 g/mol. The lowest BCUT2D eigenvalue weighted by molar-refractivity contribution is 0.0951. The Labute approximate surface area is 128 Å². The first-order chi connectivity index (χ1) is 9.16. The van der Waals surface area contributed by atoms with Crippen molar-refractivity contribution in [2.45, 2.75) is 43.4 Å². The van der Waals surface area contributed by atoms with Gasteiger partial charge in [0.2, 0.25) is 0 Å². The van der Waals surface area contributed by atoms with E-state index < -0.39 is 0 Å². The second kappa shape index (κ2) is 7.34. The topological polar surface area (TPSA) is 29.1 Å². The van der Waals surface area contributed by atoms with Gasteiger partial charge < -0.3 is 5.32 Å². The Balaban J connectivity index is 1.75. The molecule has 0 heterocycles. The van der Waals surface area contributed by atoms with Crippen LogP contribution in [0.15, 0.2) is 27.6 Å². The minimum atomic E-state index is -0.0193. The van der Waals surface area contributed by atoms with E-state index in [1.54, 1.807) is 6.07 Å². The van der Waals surface area contributed by atoms with Crippen molar-refractivity contribution in [1.82, 2.24) is 5.32 Å². The number of rotatable bonds is 5. The van der Waals surface area contributed by atoms with Gasteiger partial charge in [0.1, 0.15) is 0 Å². The molecule has 4 heteroatoms. The first-order valence-electron chi connectivity index (χ1n) is 6.93. The Morgan fingerprint density at radius 2 is 2.11 bits per heavy atom. The summed E-state index contributed by atoms with van der Waals surface area (Å²) in [6.07, 6.45) is 7.85. The highest BCUT2D eigenvalue weighted by atomic mass is 79.9. The van der Waals surface area contributed by atoms with E-state index >= 15 is 0 Å². The van der Waals surface area contributed by atoms with Crippen molar-refractivity contribution in [3.8, 4) is 0 Å². The zero-order valence-corrected chi connectivity index (χ0v) is 13.5. The van der Waals surface area contributed by atoms with E-state index in [9.17, 15) is 4.79 Å². The van der Waals surface area contributed by atoms with Crippen molar-refractivity contribution in [1.29, 1.82) is 0 Å². The Morgan fingerprint density at radius 1 is 1.37 bits per heavy atom. The fraction of sp³-hybridized carbons (Fsp3) is 0.533. The van der Waals surface area contributed by atoms with Gasteiger partial charge in [0.15, 0.2) is 0 Å². The molecule has 0 unspecified atom stereocenters. The van der Waals surface area contributed by atoms with E-state index in [2.05, 4.69) is 33.9 Å². The molecule has 1 aliphatic carbocycles. The van der Waals surface area contributed by atoms with Crippen LogP contribution in [-0.4, -0.2) is 12.5 Å². The van der Waals surface area contributed by atoms with Crippen LogP contribution in [0.2, 0.25) is 0 Å². The fourth-order valence-electron chi connectivity index (χ4n) is 2.67. The maximum Gasteiger partial charge on any atom is 0.252 e. The first-order valence-corrected chi connectivity index (χ1v) is 8.17. The molecule has 0 saturated heterocycles. The van der Waals surface area contributed by atoms with Gasteiger partial charge in [0, 0.05) is 15.9 Å². The first kappa shape index (κ1) is 14.9. The van der Waals surface area contributed by atoms with Gasteiger partial charge in [0.05, 0.1) is 5.56 Å². The summed E-state index contributed by atoms with van der Waals surface area (Å²) < 4.78 is 0.818. The molecule has 1 saturated carbocycles. The predicted octanol–water partition coefficient (Wildman–Crippen LogP) is 4.44. The normalized spacial score (nSPS) is 15.7. The van der Waals surface area contributed by atoms with E-state index in [1.165, 1.54) is 32.1 Å². The Morgan fingerprint density at radius 3 is 2.84 bits per heavy atom. The van der Waals surface area contributed by atoms with Crippen molar-refractivity contribution >= 4 is 34.5 Å². The minimum absolute atomic E-state index is 0.0193. The number of hydrogen-bond acceptors (Lipinski definition) is 2. The number of carbonyl (C=O) groups is 1. The summed E-state index contributed by atoms with van der Waals surface area (Å²) in [6.45, 7) is 0.762. The summed E-state index contributed by atoms with van der Waals surface area (Å²) in [5, 5.41) is 2.99. The number of hydrogen-bond donors (Lipinski definition) is 2. The molecule has 0 aromatic heterocycles. The molecule has 2 rings (SSSR count). The number of benzene rings is 1. The molecule has 1 aromatic carbocycles. The zero-order valence-electron chi connectivity index (χ0n) is 11.0. The van der Waals surface area contributed by atoms with Gasteiger partial charge in [-0.25, -0.2) is 0 Å². The van der Waals surface area contributed by atoms with Crippen LogP contribution in [0.4, 0.5) is 0 Å². The molecule has 104 valence electrons. The summed E-state index contributed by atoms with van der Waals surface area (Å²) in [6, 6.07) is 5.51. The lowest BCUT2D eigenvalue weighted by Crippen LogP contribution is -2.25. The number of nitrogens with one attached hydrogen (secondary N) is 1. The lowest BCUT2D eigenvalue weighted by atomic mass is 10.0. The van der Waals surface area contributed by atoms with Gasteiger partial charge in [-0.2, -0.15) is 0 Å². The highest BCUT2D eigenvalue weighted by molar-refractivity contribution is 9.10. The number of halogens is 1. The maximum atomic E-state index is 12.0. The molecule has 1 N–H and O–H groups in total. The van der Waals surface area contributed by atoms with Crippen molar-refractivity contribution in [3.05, 3.63) is 28.2 Å². The molecule has 19 heavy (non-hydrogen) atoms. The van der Waals surface area contributed by atoms with Crippen LogP contribution in [-0.2, 0) is 0 Å². The van der Waals surface area contributed by atoms with Gasteiger partial charge >= 0.3 is 0 Å². The van der Waals surface area contributed by atoms with Crippen LogP contribution in [0.1, 0.15) is 48.9 Å². The molecule has 2 nitrogen and oxygen atoms in total. The van der Waals surface area contributed by atoms with E-state index in [4.69, 9.17) is 0 Å². The molecule has 0 radical (unpaired) electrons. The SMILES string of the molecule is O=C(NCCCC1CCCC1)c1cc(S)ccc1Br. The fourth-order valence-corrected chi connectivity index (χ4v) is 3.30. The number of amides is 1. The Hall–Kier alpha value is -0.480. The largest absolute Gasteiger partial charge is 0.352 e. The molecule has 0 aliphatic heterocycles. The summed E-state index contributed by atoms with van der Waals surface area (Å²) >= 11 is 7.66. The standard InChI is InChI=1S/C15H20BrNOS/c16-14-8-7-12(19)10-13(14)15(18)17-9-3-6-11-4-1-2-5-11/h7-8,10-11,19H,1-6,9H2,(H,17,18). The highest BCUT2D eigenvalue weighted by Crippen LogP contribution is 2.28. The Kier molecular flexibility index (Phi) is 5.76. The molecule has 0 spiro atoms. The molecule has 1 fully saturated rings. The van der Waals surface area contributed by atoms with Crippen LogP contribution in [0.5, 0.6) is 0 Å². The third kappa shape index (κ3) is 4.53. The van der Waals surface area contributed by atoms with Crippen LogP contribution in [0.3, 0.4) is 0 Å². The highest BCUT2D eigenvalue weighted by Gasteiger charge is 2.14. The molecule has 0 bridgehead atoms. The van der Waals surface area contributed by atoms with Gasteiger partial charge in [-0.05, 0) is 52.9 Å². The average Bonchev–Trinajstić information content (AvgIpc) is 2.90. The number of thiol groups is 1. The van der Waals surface area contributed by atoms with Crippen molar-refractivity contribution in [2.24, 2.45) is 5.92 Å². The van der Waals surface area contributed by atoms with Crippen LogP contribution < -0.4 is 5.32 Å². The van der Waals surface area contributed by atoms with Gasteiger partial charge in [-0.1, -0.05) is 25.7 Å². The summed E-state index contributed by atoms with van der Waals surface area (Å²) in [5.74, 6) is 0.874. The summed E-state index contributed by atoms with van der Waals surface area (Å²) in [7, 11) is 0. The van der Waals surface area contributed by atoms with Crippen LogP contribution in [0, 0.1) is 5.92 Å². The van der Waals surface area contributed by atoms with E-state index in [0.29, 0.717) is 5.56 Å². The summed E-state index contributed by atoms with van der Waals surface area (Å²) in [5.41, 5.74) is 0.661. The van der Waals surface area contributed by atoms with E-state index in [0.717, 1.165) is 28.3 Å². The smallest absolute Gasteiger partial charge is 0.252 e. The third-order valence-corrected chi connectivity index (χ3v) is 4.71. The Bertz CT molecular complexity index is 444. The van der Waals surface area contributed by atoms with Gasteiger partial charge in [-0.15, -0.1) is 12.6 Å². The van der Waals surface area contributed by atoms with Gasteiger partial charge in [-0.3, -0.25) is 4.79 Å². The lowest BCUT2D eigenvalue weighted by Gasteiger charge is -2.10. The van der Waals surface area contributed by atoms with Crippen molar-refractivity contribution in [3.63, 3.8) is 0 Å². The molecule has 1 aliphatic rings. The zero-order chi connectivity index (χ0) is 13.7. The van der Waals surface area contributed by atoms with Crippen molar-refractivity contribution in [2.75, 3.05) is 6.54 Å². The van der Waals surface area contributed by atoms with E-state index in [1.807, 2.05) is 12.1 Å². The van der Waals surface area contributed by atoms with Gasteiger partial charge in [0.25, 0.3) is 5.91 Å². The molecular weight excluding hydrogens is 322 g/mol. The predicted molar refractivity (Wildman–Crippen MR) is 84.9 cm³/mol. The maximum absolute atomic E-state index is 12.0. The van der Waals surface area contributed by atoms with Crippen LogP contribution in [0.25, 0.3) is 0 Å². The third-order valence-electron chi connectivity index (χ3n) is 3.74. The second-order valence-corrected chi connectivity index (χ2v) is 6.58. The minimum Gasteiger partial charge on any atom is -0.352 e. The molecule has 1 amide bonds. The summed E-state index contributed by atoms with van der Waals surface area (Å²) in [4.78, 5) is 12.8. The van der Waals surface area contributed by atoms with Crippen molar-refractivity contribution < 1.29 is 4.79 Å². The number of carbonyl (C=O) groups excluding carboxylic acids is 1. The molecule has 1 aromatic rings. The second-order valence-electron chi connectivity index (χ2n) is 5.21. The quantitative estimate of drug-likeness (QED) is 0.601. The van der Waals surface area contributed by atoms with Crippen LogP contribution >= 0.6 is 28.6 Å². The van der Waals surface area contributed by atoms with E-state index in [-0.39, 0.29) is 5.91 Å².